The van der Waals surface area contributed by atoms with Crippen LogP contribution in [0.3, 0.4) is 0 Å². The third-order valence-corrected chi connectivity index (χ3v) is 2.21. The third-order valence-electron chi connectivity index (χ3n) is 1.94. The first kappa shape index (κ1) is 15.7. The number of methoxy groups -OCH3 is 1. The Labute approximate surface area is 108 Å². The van der Waals surface area contributed by atoms with Gasteiger partial charge >= 0.3 is 12.5 Å². The van der Waals surface area contributed by atoms with Crippen LogP contribution in [0.5, 0.6) is 11.6 Å². The summed E-state index contributed by atoms with van der Waals surface area (Å²) < 4.78 is 81.9. The third kappa shape index (κ3) is 3.79. The Bertz CT molecular complexity index is 459. The van der Waals surface area contributed by atoms with Crippen LogP contribution in [0.15, 0.2) is 6.20 Å². The Kier molecular flexibility index (Phi) is 4.39. The molecule has 0 aliphatic carbocycles. The highest BCUT2D eigenvalue weighted by Crippen LogP contribution is 2.41. The monoisotopic (exact) mass is 309 g/mol. The lowest BCUT2D eigenvalue weighted by atomic mass is 10.1. The quantitative estimate of drug-likeness (QED) is 0.629. The van der Waals surface area contributed by atoms with E-state index in [1.165, 1.54) is 0 Å². The highest BCUT2D eigenvalue weighted by molar-refractivity contribution is 6.17. The largest absolute Gasteiger partial charge is 0.574 e. The molecule has 0 spiro atoms. The van der Waals surface area contributed by atoms with Gasteiger partial charge in [-0.05, 0) is 0 Å². The molecule has 0 amide bonds. The van der Waals surface area contributed by atoms with Crippen molar-refractivity contribution in [1.29, 1.82) is 0 Å². The van der Waals surface area contributed by atoms with Crippen LogP contribution in [0.25, 0.3) is 0 Å². The summed E-state index contributed by atoms with van der Waals surface area (Å²) in [5, 5.41) is 0. The van der Waals surface area contributed by atoms with Gasteiger partial charge in [0.05, 0.1) is 18.6 Å². The number of ether oxygens (including phenoxy) is 2. The molecule has 0 radical (unpaired) electrons. The molecule has 0 bridgehead atoms. The molecule has 0 aliphatic heterocycles. The smallest absolute Gasteiger partial charge is 0.496 e. The van der Waals surface area contributed by atoms with E-state index in [0.29, 0.717) is 0 Å². The first-order chi connectivity index (χ1) is 8.60. The van der Waals surface area contributed by atoms with Crippen molar-refractivity contribution in [2.75, 3.05) is 7.11 Å². The first-order valence-corrected chi connectivity index (χ1v) is 5.08. The average molecular weight is 310 g/mol. The van der Waals surface area contributed by atoms with Gasteiger partial charge in [-0.2, -0.15) is 13.2 Å². The molecule has 0 fully saturated rings. The van der Waals surface area contributed by atoms with E-state index in [1.54, 1.807) is 0 Å². The van der Waals surface area contributed by atoms with Crippen LogP contribution in [0.2, 0.25) is 0 Å². The van der Waals surface area contributed by atoms with Crippen LogP contribution in [-0.2, 0) is 12.1 Å². The minimum atomic E-state index is -5.10. The highest BCUT2D eigenvalue weighted by atomic mass is 35.5. The summed E-state index contributed by atoms with van der Waals surface area (Å²) in [5.41, 5.74) is -1.96. The fourth-order valence-corrected chi connectivity index (χ4v) is 1.51. The Morgan fingerprint density at radius 3 is 2.16 bits per heavy atom. The molecule has 1 aromatic rings. The van der Waals surface area contributed by atoms with Crippen LogP contribution < -0.4 is 9.47 Å². The second kappa shape index (κ2) is 5.32. The zero-order chi connectivity index (χ0) is 14.8. The zero-order valence-electron chi connectivity index (χ0n) is 9.19. The number of hydrogen-bond acceptors (Lipinski definition) is 3. The fourth-order valence-electron chi connectivity index (χ4n) is 1.27. The predicted octanol–water partition coefficient (Wildman–Crippen LogP) is 3.75. The molecule has 1 rings (SSSR count). The molecular weight excluding hydrogens is 304 g/mol. The van der Waals surface area contributed by atoms with E-state index in [-0.39, 0.29) is 6.20 Å². The molecule has 0 aliphatic rings. The van der Waals surface area contributed by atoms with Crippen LogP contribution in [0.4, 0.5) is 26.3 Å². The lowest BCUT2D eigenvalue weighted by Crippen LogP contribution is -2.20. The predicted molar refractivity (Wildman–Crippen MR) is 52.0 cm³/mol. The van der Waals surface area contributed by atoms with E-state index in [2.05, 4.69) is 14.5 Å². The van der Waals surface area contributed by atoms with Gasteiger partial charge in [0.2, 0.25) is 5.88 Å². The maximum absolute atomic E-state index is 12.6. The molecule has 0 saturated heterocycles. The maximum Gasteiger partial charge on any atom is 0.574 e. The maximum atomic E-state index is 12.6. The van der Waals surface area contributed by atoms with Gasteiger partial charge in [-0.1, -0.05) is 0 Å². The number of alkyl halides is 7. The number of nitrogens with zero attached hydrogens (tertiary/aromatic N) is 1. The topological polar surface area (TPSA) is 31.4 Å². The van der Waals surface area contributed by atoms with E-state index in [1.807, 2.05) is 0 Å². The van der Waals surface area contributed by atoms with Crippen molar-refractivity contribution in [2.24, 2.45) is 0 Å². The van der Waals surface area contributed by atoms with Crippen molar-refractivity contribution in [3.8, 4) is 11.6 Å². The van der Waals surface area contributed by atoms with Gasteiger partial charge in [-0.25, -0.2) is 4.98 Å². The van der Waals surface area contributed by atoms with Gasteiger partial charge in [-0.15, -0.1) is 24.8 Å². The first-order valence-electron chi connectivity index (χ1n) is 4.55. The molecule has 0 unspecified atom stereocenters. The van der Waals surface area contributed by atoms with Crippen molar-refractivity contribution in [2.45, 2.75) is 18.4 Å². The van der Waals surface area contributed by atoms with Crippen LogP contribution in [-0.4, -0.2) is 18.5 Å². The second-order valence-corrected chi connectivity index (χ2v) is 3.44. The molecular formula is C9H6ClF6NO2. The minimum absolute atomic E-state index is 0.190. The Hall–Kier alpha value is -1.38. The number of rotatable bonds is 3. The summed E-state index contributed by atoms with van der Waals surface area (Å²) in [6, 6.07) is 0. The summed E-state index contributed by atoms with van der Waals surface area (Å²) >= 11 is 5.33. The van der Waals surface area contributed by atoms with Gasteiger partial charge in [-0.3, -0.25) is 0 Å². The van der Waals surface area contributed by atoms with Crippen LogP contribution in [0.1, 0.15) is 11.1 Å². The van der Waals surface area contributed by atoms with E-state index < -0.39 is 41.2 Å². The minimum Gasteiger partial charge on any atom is -0.496 e. The van der Waals surface area contributed by atoms with Crippen molar-refractivity contribution < 1.29 is 35.8 Å². The second-order valence-electron chi connectivity index (χ2n) is 3.17. The molecule has 1 aromatic heterocycles. The molecule has 0 aromatic carbocycles. The van der Waals surface area contributed by atoms with E-state index >= 15 is 0 Å². The summed E-state index contributed by atoms with van der Waals surface area (Å²) in [6.07, 6.45) is -9.75. The van der Waals surface area contributed by atoms with Crippen molar-refractivity contribution >= 4 is 11.6 Å². The summed E-state index contributed by atoms with van der Waals surface area (Å²) in [6.45, 7) is 0. The van der Waals surface area contributed by atoms with E-state index in [0.717, 1.165) is 7.11 Å². The molecule has 3 nitrogen and oxygen atoms in total. The summed E-state index contributed by atoms with van der Waals surface area (Å²) in [4.78, 5) is 2.98. The highest BCUT2D eigenvalue weighted by Gasteiger charge is 2.39. The number of pyridine rings is 1. The number of hydrogen-bond donors (Lipinski definition) is 0. The number of halogens is 7. The summed E-state index contributed by atoms with van der Waals surface area (Å²) in [5.74, 6) is -2.62. The van der Waals surface area contributed by atoms with Gasteiger partial charge in [0.1, 0.15) is 11.3 Å². The van der Waals surface area contributed by atoms with E-state index in [4.69, 9.17) is 11.6 Å². The van der Waals surface area contributed by atoms with Gasteiger partial charge in [0.25, 0.3) is 0 Å². The normalized spacial score (nSPS) is 12.4. The number of aromatic nitrogens is 1. The Morgan fingerprint density at radius 2 is 1.79 bits per heavy atom. The Balaban J connectivity index is 3.39. The zero-order valence-corrected chi connectivity index (χ0v) is 9.95. The summed E-state index contributed by atoms with van der Waals surface area (Å²) in [7, 11) is 0.873. The van der Waals surface area contributed by atoms with Gasteiger partial charge in [0.15, 0.2) is 0 Å². The molecule has 19 heavy (non-hydrogen) atoms. The van der Waals surface area contributed by atoms with Crippen LogP contribution >= 0.6 is 11.6 Å². The Morgan fingerprint density at radius 1 is 1.21 bits per heavy atom. The molecule has 0 atom stereocenters. The SMILES string of the molecule is COc1c(C(F)(F)F)cnc(OC(F)(F)F)c1CCl. The average Bonchev–Trinajstić information content (AvgIpc) is 2.24. The molecule has 108 valence electrons. The molecule has 1 heterocycles. The van der Waals surface area contributed by atoms with Crippen molar-refractivity contribution in [3.63, 3.8) is 0 Å². The van der Waals surface area contributed by atoms with Crippen LogP contribution in [0, 0.1) is 0 Å². The molecule has 0 saturated carbocycles. The van der Waals surface area contributed by atoms with Crippen molar-refractivity contribution in [3.05, 3.63) is 17.3 Å². The lowest BCUT2D eigenvalue weighted by Gasteiger charge is -2.17. The van der Waals surface area contributed by atoms with Crippen molar-refractivity contribution in [1.82, 2.24) is 4.98 Å². The standard InChI is InChI=1S/C9H6ClF6NO2/c1-18-6-4(2-10)7(19-9(14,15)16)17-3-5(6)8(11,12)13/h3H,2H2,1H3. The molecule has 0 N–H and O–H groups in total. The fraction of sp³-hybridized carbons (Fsp3) is 0.444. The molecule has 10 heteroatoms. The van der Waals surface area contributed by atoms with Gasteiger partial charge < -0.3 is 9.47 Å². The van der Waals surface area contributed by atoms with Gasteiger partial charge in [0, 0.05) is 6.20 Å². The van der Waals surface area contributed by atoms with E-state index in [9.17, 15) is 26.3 Å². The lowest BCUT2D eigenvalue weighted by molar-refractivity contribution is -0.276.